The third-order valence-corrected chi connectivity index (χ3v) is 2.61. The molecule has 1 aromatic carbocycles. The highest BCUT2D eigenvalue weighted by Gasteiger charge is 2.07. The van der Waals surface area contributed by atoms with E-state index < -0.39 is 0 Å². The lowest BCUT2D eigenvalue weighted by Crippen LogP contribution is -1.95. The van der Waals surface area contributed by atoms with Gasteiger partial charge in [-0.2, -0.15) is 0 Å². The van der Waals surface area contributed by atoms with Crippen LogP contribution in [0.4, 0.5) is 5.69 Å². The summed E-state index contributed by atoms with van der Waals surface area (Å²) in [7, 11) is 0. The van der Waals surface area contributed by atoms with Crippen LogP contribution in [0.15, 0.2) is 22.6 Å². The predicted octanol–water partition coefficient (Wildman–Crippen LogP) is 3.12. The van der Waals surface area contributed by atoms with Gasteiger partial charge in [0.05, 0.1) is 5.69 Å². The molecule has 0 saturated heterocycles. The van der Waals surface area contributed by atoms with Gasteiger partial charge in [0.15, 0.2) is 5.58 Å². The van der Waals surface area contributed by atoms with Gasteiger partial charge >= 0.3 is 0 Å². The van der Waals surface area contributed by atoms with Crippen LogP contribution in [0.3, 0.4) is 0 Å². The summed E-state index contributed by atoms with van der Waals surface area (Å²) in [6.45, 7) is 3.34. The van der Waals surface area contributed by atoms with Gasteiger partial charge in [-0.05, 0) is 18.6 Å². The molecule has 2 N–H and O–H groups in total. The summed E-state index contributed by atoms with van der Waals surface area (Å²) in [5.41, 5.74) is 7.88. The van der Waals surface area contributed by atoms with Crippen LogP contribution in [-0.4, -0.2) is 11.6 Å². The quantitative estimate of drug-likeness (QED) is 0.616. The first-order chi connectivity index (χ1) is 8.31. The minimum atomic E-state index is 0.415. The minimum absolute atomic E-state index is 0.415. The van der Waals surface area contributed by atoms with Gasteiger partial charge in [0.1, 0.15) is 12.1 Å². The maximum absolute atomic E-state index is 5.80. The number of unbranched alkanes of at least 4 members (excludes halogenated alkanes) is 2. The smallest absolute Gasteiger partial charge is 0.221 e. The van der Waals surface area contributed by atoms with Gasteiger partial charge in [-0.25, -0.2) is 4.98 Å². The molecule has 0 fully saturated rings. The lowest BCUT2D eigenvalue weighted by molar-refractivity contribution is 0.100. The van der Waals surface area contributed by atoms with E-state index in [2.05, 4.69) is 11.9 Å². The monoisotopic (exact) mass is 234 g/mol. The molecule has 0 saturated carbocycles. The standard InChI is InChI=1S/C13H18N2O2/c1-2-3-4-8-16-9-12-15-13-10(14)6-5-7-11(13)17-12/h5-7H,2-4,8-9,14H2,1H3. The Balaban J connectivity index is 1.93. The number of nitrogen functional groups attached to an aromatic ring is 1. The zero-order valence-corrected chi connectivity index (χ0v) is 10.1. The van der Waals surface area contributed by atoms with Crippen molar-refractivity contribution >= 4 is 16.8 Å². The number of anilines is 1. The van der Waals surface area contributed by atoms with E-state index in [1.54, 1.807) is 0 Å². The highest BCUT2D eigenvalue weighted by Crippen LogP contribution is 2.21. The Bertz CT molecular complexity index is 479. The molecule has 0 aliphatic heterocycles. The minimum Gasteiger partial charge on any atom is -0.438 e. The van der Waals surface area contributed by atoms with Gasteiger partial charge in [0, 0.05) is 6.61 Å². The largest absolute Gasteiger partial charge is 0.438 e. The highest BCUT2D eigenvalue weighted by atomic mass is 16.5. The topological polar surface area (TPSA) is 61.3 Å². The third kappa shape index (κ3) is 2.97. The van der Waals surface area contributed by atoms with Crippen molar-refractivity contribution in [2.45, 2.75) is 32.8 Å². The van der Waals surface area contributed by atoms with Crippen molar-refractivity contribution in [1.29, 1.82) is 0 Å². The SMILES string of the molecule is CCCCCOCc1nc2c(N)cccc2o1. The van der Waals surface area contributed by atoms with Crippen molar-refractivity contribution in [3.8, 4) is 0 Å². The fourth-order valence-corrected chi connectivity index (χ4v) is 1.69. The summed E-state index contributed by atoms with van der Waals surface area (Å²) in [6.07, 6.45) is 3.47. The van der Waals surface area contributed by atoms with Gasteiger partial charge in [0.25, 0.3) is 0 Å². The number of para-hydroxylation sites is 1. The molecule has 0 radical (unpaired) electrons. The molecular formula is C13H18N2O2. The van der Waals surface area contributed by atoms with Crippen LogP contribution in [-0.2, 0) is 11.3 Å². The van der Waals surface area contributed by atoms with Crippen molar-refractivity contribution in [2.24, 2.45) is 0 Å². The zero-order valence-electron chi connectivity index (χ0n) is 10.1. The summed E-state index contributed by atoms with van der Waals surface area (Å²) in [5, 5.41) is 0. The second-order valence-electron chi connectivity index (χ2n) is 4.06. The van der Waals surface area contributed by atoms with Gasteiger partial charge in [-0.1, -0.05) is 25.8 Å². The molecule has 0 aliphatic carbocycles. The number of hydrogen-bond acceptors (Lipinski definition) is 4. The normalized spacial score (nSPS) is 11.1. The molecule has 4 nitrogen and oxygen atoms in total. The highest BCUT2D eigenvalue weighted by molar-refractivity contribution is 5.85. The Kier molecular flexibility index (Phi) is 3.98. The van der Waals surface area contributed by atoms with Crippen LogP contribution >= 0.6 is 0 Å². The van der Waals surface area contributed by atoms with E-state index in [0.717, 1.165) is 24.1 Å². The van der Waals surface area contributed by atoms with E-state index in [1.807, 2.05) is 18.2 Å². The molecule has 4 heteroatoms. The third-order valence-electron chi connectivity index (χ3n) is 2.61. The first kappa shape index (κ1) is 11.9. The van der Waals surface area contributed by atoms with E-state index in [0.29, 0.717) is 18.2 Å². The molecule has 1 heterocycles. The van der Waals surface area contributed by atoms with Crippen LogP contribution < -0.4 is 5.73 Å². The average molecular weight is 234 g/mol. The lowest BCUT2D eigenvalue weighted by Gasteiger charge is -1.99. The van der Waals surface area contributed by atoms with E-state index in [1.165, 1.54) is 12.8 Å². The van der Waals surface area contributed by atoms with E-state index in [-0.39, 0.29) is 0 Å². The summed E-state index contributed by atoms with van der Waals surface area (Å²) in [6, 6.07) is 5.53. The van der Waals surface area contributed by atoms with Gasteiger partial charge in [-0.15, -0.1) is 0 Å². The zero-order chi connectivity index (χ0) is 12.1. The van der Waals surface area contributed by atoms with Crippen molar-refractivity contribution < 1.29 is 9.15 Å². The molecule has 2 rings (SSSR count). The summed E-state index contributed by atoms with van der Waals surface area (Å²) < 4.78 is 11.0. The Labute approximate surface area is 101 Å². The number of oxazole rings is 1. The van der Waals surface area contributed by atoms with Crippen molar-refractivity contribution in [3.05, 3.63) is 24.1 Å². The molecule has 92 valence electrons. The summed E-state index contributed by atoms with van der Waals surface area (Å²) >= 11 is 0. The van der Waals surface area contributed by atoms with Crippen molar-refractivity contribution in [2.75, 3.05) is 12.3 Å². The molecule has 0 amide bonds. The predicted molar refractivity (Wildman–Crippen MR) is 67.6 cm³/mol. The van der Waals surface area contributed by atoms with Crippen LogP contribution in [0.5, 0.6) is 0 Å². The number of rotatable bonds is 6. The average Bonchev–Trinajstić information content (AvgIpc) is 2.73. The Morgan fingerprint density at radius 1 is 1.35 bits per heavy atom. The van der Waals surface area contributed by atoms with Crippen LogP contribution in [0.1, 0.15) is 32.1 Å². The maximum atomic E-state index is 5.80. The van der Waals surface area contributed by atoms with Crippen molar-refractivity contribution in [3.63, 3.8) is 0 Å². The Hall–Kier alpha value is -1.55. The molecule has 0 aliphatic rings. The molecule has 0 unspecified atom stereocenters. The molecule has 0 atom stereocenters. The second-order valence-corrected chi connectivity index (χ2v) is 4.06. The number of ether oxygens (including phenoxy) is 1. The summed E-state index contributed by atoms with van der Waals surface area (Å²) in [5.74, 6) is 0.592. The Morgan fingerprint density at radius 3 is 3.00 bits per heavy atom. The van der Waals surface area contributed by atoms with Gasteiger partial charge in [0.2, 0.25) is 5.89 Å². The number of aromatic nitrogens is 1. The molecule has 17 heavy (non-hydrogen) atoms. The number of hydrogen-bond donors (Lipinski definition) is 1. The Morgan fingerprint density at radius 2 is 2.24 bits per heavy atom. The maximum Gasteiger partial charge on any atom is 0.221 e. The number of fused-ring (bicyclic) bond motifs is 1. The van der Waals surface area contributed by atoms with Gasteiger partial charge < -0.3 is 14.9 Å². The van der Waals surface area contributed by atoms with E-state index >= 15 is 0 Å². The van der Waals surface area contributed by atoms with E-state index in [4.69, 9.17) is 14.9 Å². The first-order valence-corrected chi connectivity index (χ1v) is 6.03. The van der Waals surface area contributed by atoms with Crippen LogP contribution in [0, 0.1) is 0 Å². The number of nitrogens with two attached hydrogens (primary N) is 1. The van der Waals surface area contributed by atoms with E-state index in [9.17, 15) is 0 Å². The summed E-state index contributed by atoms with van der Waals surface area (Å²) in [4.78, 5) is 4.31. The molecule has 0 spiro atoms. The number of benzene rings is 1. The van der Waals surface area contributed by atoms with Crippen molar-refractivity contribution in [1.82, 2.24) is 4.98 Å². The van der Waals surface area contributed by atoms with Crippen LogP contribution in [0.2, 0.25) is 0 Å². The lowest BCUT2D eigenvalue weighted by atomic mass is 10.3. The fraction of sp³-hybridized carbons (Fsp3) is 0.462. The molecular weight excluding hydrogens is 216 g/mol. The second kappa shape index (κ2) is 5.68. The number of nitrogens with zero attached hydrogens (tertiary/aromatic N) is 1. The molecule has 2 aromatic rings. The first-order valence-electron chi connectivity index (χ1n) is 6.03. The van der Waals surface area contributed by atoms with Gasteiger partial charge in [-0.3, -0.25) is 0 Å². The van der Waals surface area contributed by atoms with Crippen LogP contribution in [0.25, 0.3) is 11.1 Å². The molecule has 0 bridgehead atoms. The molecule has 1 aromatic heterocycles. The fourth-order valence-electron chi connectivity index (χ4n) is 1.69.